The van der Waals surface area contributed by atoms with Gasteiger partial charge in [0.15, 0.2) is 0 Å². The largest absolute Gasteiger partial charge is 0.339 e. The first-order valence-corrected chi connectivity index (χ1v) is 7.86. The molecule has 1 heterocycles. The van der Waals surface area contributed by atoms with Crippen molar-refractivity contribution in [1.82, 2.24) is 4.90 Å². The summed E-state index contributed by atoms with van der Waals surface area (Å²) in [6.45, 7) is 0.325. The highest BCUT2D eigenvalue weighted by molar-refractivity contribution is 5.71. The van der Waals surface area contributed by atoms with Gasteiger partial charge in [0.1, 0.15) is 6.67 Å². The third-order valence-corrected chi connectivity index (χ3v) is 4.53. The summed E-state index contributed by atoms with van der Waals surface area (Å²) in [5.41, 5.74) is 5.12. The van der Waals surface area contributed by atoms with Gasteiger partial charge in [-0.2, -0.15) is 0 Å². The Labute approximate surface area is 132 Å². The molecule has 1 unspecified atom stereocenters. The summed E-state index contributed by atoms with van der Waals surface area (Å²) in [7, 11) is 3.89. The number of para-hydroxylation sites is 2. The normalized spacial score (nSPS) is 15.2. The zero-order chi connectivity index (χ0) is 15.5. The molecular formula is C19H23FN2. The van der Waals surface area contributed by atoms with Gasteiger partial charge in [0.05, 0.1) is 6.04 Å². The Morgan fingerprint density at radius 2 is 1.45 bits per heavy atom. The molecule has 0 saturated carbocycles. The van der Waals surface area contributed by atoms with E-state index in [9.17, 15) is 4.39 Å². The molecule has 2 aromatic rings. The Hall–Kier alpha value is -1.87. The lowest BCUT2D eigenvalue weighted by molar-refractivity contribution is 0.244. The van der Waals surface area contributed by atoms with Crippen molar-refractivity contribution in [3.63, 3.8) is 0 Å². The lowest BCUT2D eigenvalue weighted by Crippen LogP contribution is -2.40. The zero-order valence-corrected chi connectivity index (χ0v) is 13.3. The molecule has 2 aromatic carbocycles. The van der Waals surface area contributed by atoms with Crippen molar-refractivity contribution in [1.29, 1.82) is 0 Å². The molecule has 0 amide bonds. The molecule has 3 heteroatoms. The van der Waals surface area contributed by atoms with Crippen LogP contribution in [0, 0.1) is 0 Å². The Kier molecular flexibility index (Phi) is 4.44. The van der Waals surface area contributed by atoms with Crippen molar-refractivity contribution in [3.05, 3.63) is 59.7 Å². The third kappa shape index (κ3) is 2.86. The van der Waals surface area contributed by atoms with Crippen molar-refractivity contribution in [2.75, 3.05) is 32.2 Å². The summed E-state index contributed by atoms with van der Waals surface area (Å²) < 4.78 is 13.4. The molecule has 1 atom stereocenters. The molecule has 0 bridgehead atoms. The van der Waals surface area contributed by atoms with E-state index in [4.69, 9.17) is 0 Å². The number of fused-ring (bicyclic) bond motifs is 2. The SMILES string of the molecule is CN(C)C(CF)CN1c2ccccc2CCc2ccccc21. The summed E-state index contributed by atoms with van der Waals surface area (Å²) >= 11 is 0. The fraction of sp³-hybridized carbons (Fsp3) is 0.368. The Morgan fingerprint density at radius 3 is 1.91 bits per heavy atom. The van der Waals surface area contributed by atoms with Crippen LogP contribution in [-0.4, -0.2) is 38.3 Å². The Balaban J connectivity index is 2.06. The second-order valence-electron chi connectivity index (χ2n) is 6.14. The molecule has 0 spiro atoms. The number of nitrogens with zero attached hydrogens (tertiary/aromatic N) is 2. The van der Waals surface area contributed by atoms with Gasteiger partial charge < -0.3 is 9.80 Å². The molecular weight excluding hydrogens is 275 g/mol. The number of hydrogen-bond donors (Lipinski definition) is 0. The number of rotatable bonds is 4. The van der Waals surface area contributed by atoms with Crippen LogP contribution in [-0.2, 0) is 12.8 Å². The van der Waals surface area contributed by atoms with Crippen LogP contribution >= 0.6 is 0 Å². The van der Waals surface area contributed by atoms with Crippen LogP contribution in [0.3, 0.4) is 0 Å². The topological polar surface area (TPSA) is 6.48 Å². The predicted molar refractivity (Wildman–Crippen MR) is 90.7 cm³/mol. The minimum atomic E-state index is -0.339. The van der Waals surface area contributed by atoms with E-state index in [2.05, 4.69) is 53.4 Å². The average molecular weight is 298 g/mol. The maximum absolute atomic E-state index is 13.4. The average Bonchev–Trinajstić information content (AvgIpc) is 2.69. The zero-order valence-electron chi connectivity index (χ0n) is 13.3. The molecule has 22 heavy (non-hydrogen) atoms. The van der Waals surface area contributed by atoms with Gasteiger partial charge in [0, 0.05) is 17.9 Å². The molecule has 0 aliphatic carbocycles. The molecule has 116 valence electrons. The number of halogens is 1. The summed E-state index contributed by atoms with van der Waals surface area (Å²) in [5, 5.41) is 0. The quantitative estimate of drug-likeness (QED) is 0.846. The second kappa shape index (κ2) is 6.49. The molecule has 0 radical (unpaired) electrons. The summed E-state index contributed by atoms with van der Waals surface area (Å²) in [5.74, 6) is 0. The van der Waals surface area contributed by atoms with Crippen LogP contribution in [0.15, 0.2) is 48.5 Å². The van der Waals surface area contributed by atoms with E-state index in [1.165, 1.54) is 22.5 Å². The van der Waals surface area contributed by atoms with Crippen molar-refractivity contribution in [2.45, 2.75) is 18.9 Å². The summed E-state index contributed by atoms with van der Waals surface area (Å²) in [4.78, 5) is 4.26. The highest BCUT2D eigenvalue weighted by Crippen LogP contribution is 2.36. The molecule has 0 saturated heterocycles. The Morgan fingerprint density at radius 1 is 0.955 bits per heavy atom. The molecule has 0 N–H and O–H groups in total. The summed E-state index contributed by atoms with van der Waals surface area (Å²) in [6.07, 6.45) is 2.07. The standard InChI is InChI=1S/C19H23FN2/c1-21(2)17(13-20)14-22-18-9-5-3-7-15(18)11-12-16-8-4-6-10-19(16)22/h3-10,17H,11-14H2,1-2H3. The number of likely N-dealkylation sites (N-methyl/N-ethyl adjacent to an activating group) is 1. The van der Waals surface area contributed by atoms with Crippen molar-refractivity contribution in [3.8, 4) is 0 Å². The van der Waals surface area contributed by atoms with Gasteiger partial charge in [0.25, 0.3) is 0 Å². The van der Waals surface area contributed by atoms with Gasteiger partial charge in [-0.15, -0.1) is 0 Å². The third-order valence-electron chi connectivity index (χ3n) is 4.53. The van der Waals surface area contributed by atoms with Crippen molar-refractivity contribution in [2.24, 2.45) is 0 Å². The van der Waals surface area contributed by atoms with Gasteiger partial charge in [-0.3, -0.25) is 0 Å². The molecule has 3 rings (SSSR count). The lowest BCUT2D eigenvalue weighted by Gasteiger charge is -2.32. The van der Waals surface area contributed by atoms with Crippen molar-refractivity contribution >= 4 is 11.4 Å². The number of anilines is 2. The van der Waals surface area contributed by atoms with Crippen LogP contribution in [0.25, 0.3) is 0 Å². The van der Waals surface area contributed by atoms with Crippen LogP contribution in [0.1, 0.15) is 11.1 Å². The minimum absolute atomic E-state index is 0.112. The van der Waals surface area contributed by atoms with Crippen LogP contribution in [0.5, 0.6) is 0 Å². The monoisotopic (exact) mass is 298 g/mol. The van der Waals surface area contributed by atoms with Gasteiger partial charge in [-0.25, -0.2) is 4.39 Å². The first-order chi connectivity index (χ1) is 10.7. The smallest absolute Gasteiger partial charge is 0.107 e. The number of aryl methyl sites for hydroxylation is 2. The van der Waals surface area contributed by atoms with Gasteiger partial charge in [-0.05, 0) is 50.2 Å². The van der Waals surface area contributed by atoms with Crippen LogP contribution < -0.4 is 4.90 Å². The Bertz CT molecular complexity index is 591. The molecule has 1 aliphatic heterocycles. The maximum atomic E-state index is 13.4. The number of alkyl halides is 1. The molecule has 0 fully saturated rings. The minimum Gasteiger partial charge on any atom is -0.339 e. The van der Waals surface area contributed by atoms with Gasteiger partial charge in [0.2, 0.25) is 0 Å². The van der Waals surface area contributed by atoms with Gasteiger partial charge >= 0.3 is 0 Å². The fourth-order valence-corrected chi connectivity index (χ4v) is 3.13. The van der Waals surface area contributed by atoms with E-state index in [1.807, 2.05) is 19.0 Å². The first-order valence-electron chi connectivity index (χ1n) is 7.86. The lowest BCUT2D eigenvalue weighted by atomic mass is 10.0. The molecule has 2 nitrogen and oxygen atoms in total. The van der Waals surface area contributed by atoms with E-state index >= 15 is 0 Å². The van der Waals surface area contributed by atoms with E-state index in [-0.39, 0.29) is 12.7 Å². The molecule has 0 aromatic heterocycles. The number of benzene rings is 2. The van der Waals surface area contributed by atoms with E-state index < -0.39 is 0 Å². The van der Waals surface area contributed by atoms with E-state index in [1.54, 1.807) is 0 Å². The highest BCUT2D eigenvalue weighted by atomic mass is 19.1. The van der Waals surface area contributed by atoms with Crippen molar-refractivity contribution < 1.29 is 4.39 Å². The first kappa shape index (κ1) is 15.0. The van der Waals surface area contributed by atoms with Crippen LogP contribution in [0.4, 0.5) is 15.8 Å². The van der Waals surface area contributed by atoms with E-state index in [0.717, 1.165) is 12.8 Å². The number of hydrogen-bond acceptors (Lipinski definition) is 2. The molecule has 1 aliphatic rings. The van der Waals surface area contributed by atoms with Gasteiger partial charge in [-0.1, -0.05) is 36.4 Å². The van der Waals surface area contributed by atoms with Crippen LogP contribution in [0.2, 0.25) is 0 Å². The fourth-order valence-electron chi connectivity index (χ4n) is 3.13. The highest BCUT2D eigenvalue weighted by Gasteiger charge is 2.23. The summed E-state index contributed by atoms with van der Waals surface area (Å²) in [6, 6.07) is 16.9. The second-order valence-corrected chi connectivity index (χ2v) is 6.14. The predicted octanol–water partition coefficient (Wildman–Crippen LogP) is 3.82. The van der Waals surface area contributed by atoms with E-state index in [0.29, 0.717) is 6.54 Å². The maximum Gasteiger partial charge on any atom is 0.107 e.